The lowest BCUT2D eigenvalue weighted by atomic mass is 10.0. The van der Waals surface area contributed by atoms with Crippen LogP contribution in [0.4, 0.5) is 23.0 Å². The number of ether oxygens (including phenoxy) is 2. The van der Waals surface area contributed by atoms with E-state index in [2.05, 4.69) is 56.1 Å². The Kier molecular flexibility index (Phi) is 8.56. The molecule has 2 fully saturated rings. The van der Waals surface area contributed by atoms with E-state index in [-0.39, 0.29) is 24.0 Å². The number of carbonyl (C=O) groups excluding carboxylic acids is 1. The Bertz CT molecular complexity index is 1150. The summed E-state index contributed by atoms with van der Waals surface area (Å²) >= 11 is 0. The van der Waals surface area contributed by atoms with E-state index in [0.29, 0.717) is 36.3 Å². The zero-order chi connectivity index (χ0) is 26.5. The van der Waals surface area contributed by atoms with Crippen molar-refractivity contribution in [2.45, 2.75) is 25.0 Å². The van der Waals surface area contributed by atoms with Gasteiger partial charge in [0.15, 0.2) is 0 Å². The normalized spacial score (nSPS) is 17.7. The fourth-order valence-electron chi connectivity index (χ4n) is 4.36. The van der Waals surface area contributed by atoms with Crippen molar-refractivity contribution in [3.8, 4) is 11.8 Å². The average Bonchev–Trinajstić information content (AvgIpc) is 2.86. The third-order valence-corrected chi connectivity index (χ3v) is 7.57. The van der Waals surface area contributed by atoms with Gasteiger partial charge in [0.05, 0.1) is 35.2 Å². The van der Waals surface area contributed by atoms with Gasteiger partial charge in [0.1, 0.15) is 18.2 Å². The molecule has 4 rings (SSSR count). The largest absolute Gasteiger partial charge is 0.494 e. The number of aromatic nitrogens is 3. The van der Waals surface area contributed by atoms with E-state index in [1.807, 2.05) is 6.07 Å². The van der Waals surface area contributed by atoms with E-state index < -0.39 is 11.0 Å². The summed E-state index contributed by atoms with van der Waals surface area (Å²) in [4.78, 5) is 29.4. The molecule has 2 saturated heterocycles. The molecule has 12 nitrogen and oxygen atoms in total. The van der Waals surface area contributed by atoms with Gasteiger partial charge in [-0.2, -0.15) is 9.97 Å². The number of nitrogens with one attached hydrogen (secondary N) is 2. The molecule has 2 aliphatic rings. The molecule has 1 unspecified atom stereocenters. The van der Waals surface area contributed by atoms with Crippen LogP contribution in [-0.4, -0.2) is 100 Å². The average molecular weight is 531 g/mol. The van der Waals surface area contributed by atoms with Gasteiger partial charge >= 0.3 is 6.01 Å². The molecule has 1 aromatic carbocycles. The fraction of sp³-hybridized carbons (Fsp3) is 0.500. The highest BCUT2D eigenvalue weighted by Gasteiger charge is 2.31. The minimum Gasteiger partial charge on any atom is -0.494 e. The topological polar surface area (TPSA) is 125 Å². The summed E-state index contributed by atoms with van der Waals surface area (Å²) in [6.45, 7) is 6.38. The summed E-state index contributed by atoms with van der Waals surface area (Å²) in [7, 11) is 4.77. The van der Waals surface area contributed by atoms with Gasteiger partial charge in [0, 0.05) is 44.5 Å². The van der Waals surface area contributed by atoms with Crippen molar-refractivity contribution in [1.29, 1.82) is 0 Å². The molecule has 0 saturated carbocycles. The Morgan fingerprint density at radius 1 is 1.22 bits per heavy atom. The molecule has 13 heteroatoms. The number of amides is 1. The maximum atomic E-state index is 12.3. The number of hydrogen-bond acceptors (Lipinski definition) is 10. The highest BCUT2D eigenvalue weighted by atomic mass is 32.2. The first-order valence-electron chi connectivity index (χ1n) is 12.1. The van der Waals surface area contributed by atoms with Gasteiger partial charge in [0.25, 0.3) is 0 Å². The molecule has 0 aliphatic carbocycles. The first kappa shape index (κ1) is 26.8. The molecule has 200 valence electrons. The lowest BCUT2D eigenvalue weighted by Crippen LogP contribution is -2.54. The van der Waals surface area contributed by atoms with Crippen LogP contribution in [0.5, 0.6) is 11.8 Å². The summed E-state index contributed by atoms with van der Waals surface area (Å²) < 4.78 is 24.8. The van der Waals surface area contributed by atoms with E-state index in [1.165, 1.54) is 12.4 Å². The Morgan fingerprint density at radius 3 is 2.57 bits per heavy atom. The minimum absolute atomic E-state index is 0.134. The van der Waals surface area contributed by atoms with Crippen molar-refractivity contribution in [1.82, 2.24) is 24.2 Å². The monoisotopic (exact) mass is 530 g/mol. The third-order valence-electron chi connectivity index (χ3n) is 6.54. The SMILES string of the molecule is C=CC(=O)Nc1cc(Nc2ncnc(OC3CN(S(C)=O)C3)n2)c(OC)cc1N1CCC(N(C)C)CC1. The lowest BCUT2D eigenvalue weighted by molar-refractivity contribution is -0.111. The number of benzene rings is 1. The van der Waals surface area contributed by atoms with Crippen LogP contribution in [0.25, 0.3) is 0 Å². The number of rotatable bonds is 10. The van der Waals surface area contributed by atoms with Gasteiger partial charge in [-0.05, 0) is 39.1 Å². The van der Waals surface area contributed by atoms with Gasteiger partial charge in [-0.25, -0.2) is 13.5 Å². The van der Waals surface area contributed by atoms with Gasteiger partial charge < -0.3 is 29.9 Å². The Balaban J connectivity index is 1.55. The summed E-state index contributed by atoms with van der Waals surface area (Å²) in [5.74, 6) is 0.530. The number of anilines is 4. The molecule has 37 heavy (non-hydrogen) atoms. The molecule has 3 heterocycles. The smallest absolute Gasteiger partial charge is 0.321 e. The van der Waals surface area contributed by atoms with Crippen LogP contribution in [0, 0.1) is 0 Å². The standard InChI is InChI=1S/C24H34N8O4S/c1-6-22(33)27-18-11-19(21(35-4)12-20(18)31-9-7-16(8-10-31)30(2)3)28-23-25-15-26-24(29-23)36-17-13-32(14-17)37(5)34/h6,11-12,15-17H,1,7-10,13-14H2,2-5H3,(H,27,33)(H,25,26,28,29). The van der Waals surface area contributed by atoms with Gasteiger partial charge in [0.2, 0.25) is 11.9 Å². The summed E-state index contributed by atoms with van der Waals surface area (Å²) in [6, 6.07) is 4.41. The zero-order valence-electron chi connectivity index (χ0n) is 21.6. The van der Waals surface area contributed by atoms with Gasteiger partial charge in [-0.1, -0.05) is 6.58 Å². The predicted molar refractivity (Wildman–Crippen MR) is 144 cm³/mol. The number of carbonyl (C=O) groups is 1. The second kappa shape index (κ2) is 11.8. The second-order valence-corrected chi connectivity index (χ2v) is 10.5. The fourth-order valence-corrected chi connectivity index (χ4v) is 5.11. The van der Waals surface area contributed by atoms with Crippen molar-refractivity contribution < 1.29 is 18.5 Å². The van der Waals surface area contributed by atoms with Crippen LogP contribution in [0.2, 0.25) is 0 Å². The second-order valence-electron chi connectivity index (χ2n) is 9.17. The molecule has 2 aliphatic heterocycles. The summed E-state index contributed by atoms with van der Waals surface area (Å²) in [5, 5.41) is 6.08. The molecule has 2 N–H and O–H groups in total. The Labute approximate surface area is 219 Å². The Morgan fingerprint density at radius 2 is 1.95 bits per heavy atom. The Hall–Kier alpha value is -3.29. The lowest BCUT2D eigenvalue weighted by Gasteiger charge is -2.37. The quantitative estimate of drug-likeness (QED) is 0.438. The molecule has 1 atom stereocenters. The van der Waals surface area contributed by atoms with Crippen molar-refractivity contribution >= 4 is 39.9 Å². The van der Waals surface area contributed by atoms with E-state index in [9.17, 15) is 9.00 Å². The third kappa shape index (κ3) is 6.53. The zero-order valence-corrected chi connectivity index (χ0v) is 22.5. The van der Waals surface area contributed by atoms with Crippen LogP contribution in [-0.2, 0) is 15.8 Å². The van der Waals surface area contributed by atoms with Crippen molar-refractivity contribution in [3.63, 3.8) is 0 Å². The van der Waals surface area contributed by atoms with Gasteiger partial charge in [-0.15, -0.1) is 0 Å². The molecule has 0 bridgehead atoms. The molecule has 2 aromatic rings. The maximum Gasteiger partial charge on any atom is 0.321 e. The van der Waals surface area contributed by atoms with E-state index in [4.69, 9.17) is 9.47 Å². The molecule has 1 aromatic heterocycles. The van der Waals surface area contributed by atoms with Gasteiger partial charge in [-0.3, -0.25) is 4.79 Å². The first-order chi connectivity index (χ1) is 17.8. The van der Waals surface area contributed by atoms with Crippen molar-refractivity contribution in [2.24, 2.45) is 0 Å². The summed E-state index contributed by atoms with van der Waals surface area (Å²) in [5.41, 5.74) is 2.07. The number of nitrogens with zero attached hydrogens (tertiary/aromatic N) is 6. The molecule has 0 radical (unpaired) electrons. The van der Waals surface area contributed by atoms with E-state index in [1.54, 1.807) is 23.7 Å². The molecular formula is C24H34N8O4S. The number of piperidine rings is 1. The number of hydrogen-bond donors (Lipinski definition) is 2. The van der Waals surface area contributed by atoms with Crippen molar-refractivity contribution in [2.75, 3.05) is 69.2 Å². The van der Waals surface area contributed by atoms with Crippen molar-refractivity contribution in [3.05, 3.63) is 31.1 Å². The van der Waals surface area contributed by atoms with Crippen LogP contribution in [0.3, 0.4) is 0 Å². The van der Waals surface area contributed by atoms with Crippen LogP contribution in [0.1, 0.15) is 12.8 Å². The van der Waals surface area contributed by atoms with E-state index in [0.717, 1.165) is 31.6 Å². The highest BCUT2D eigenvalue weighted by Crippen LogP contribution is 2.39. The highest BCUT2D eigenvalue weighted by molar-refractivity contribution is 7.81. The van der Waals surface area contributed by atoms with E-state index >= 15 is 0 Å². The first-order valence-corrected chi connectivity index (χ1v) is 13.6. The maximum absolute atomic E-state index is 12.3. The molecule has 0 spiro atoms. The molecule has 1 amide bonds. The van der Waals surface area contributed by atoms with Crippen LogP contribution >= 0.6 is 0 Å². The number of methoxy groups -OCH3 is 1. The summed E-state index contributed by atoms with van der Waals surface area (Å²) in [6.07, 6.45) is 6.14. The molecular weight excluding hydrogens is 496 g/mol. The minimum atomic E-state index is -1.02. The van der Waals surface area contributed by atoms with Crippen LogP contribution in [0.15, 0.2) is 31.1 Å². The van der Waals surface area contributed by atoms with Crippen LogP contribution < -0.4 is 25.0 Å². The predicted octanol–water partition coefficient (Wildman–Crippen LogP) is 1.64.